The van der Waals surface area contributed by atoms with Crippen LogP contribution in [-0.2, 0) is 16.0 Å². The summed E-state index contributed by atoms with van der Waals surface area (Å²) >= 11 is 2.11. The van der Waals surface area contributed by atoms with Crippen molar-refractivity contribution < 1.29 is 19.4 Å². The lowest BCUT2D eigenvalue weighted by molar-refractivity contribution is -0.119. The monoisotopic (exact) mass is 639 g/mol. The maximum Gasteiger partial charge on any atom is 0.171 e. The van der Waals surface area contributed by atoms with E-state index in [2.05, 4.69) is 79.5 Å². The predicted molar refractivity (Wildman–Crippen MR) is 162 cm³/mol. The summed E-state index contributed by atoms with van der Waals surface area (Å²) < 4.78 is 6.43. The maximum atomic E-state index is 14.0. The van der Waals surface area contributed by atoms with Crippen LogP contribution in [0.15, 0.2) is 65.0 Å². The first-order chi connectivity index (χ1) is 18.4. The average Bonchev–Trinajstić information content (AvgIpc) is 2.84. The van der Waals surface area contributed by atoms with Crippen LogP contribution in [0.5, 0.6) is 11.5 Å². The Kier molecular flexibility index (Phi) is 7.46. The zero-order valence-corrected chi connectivity index (χ0v) is 25.7. The second-order valence-corrected chi connectivity index (χ2v) is 13.9. The van der Waals surface area contributed by atoms with Gasteiger partial charge in [0.25, 0.3) is 0 Å². The van der Waals surface area contributed by atoms with Gasteiger partial charge in [-0.3, -0.25) is 9.59 Å². The summed E-state index contributed by atoms with van der Waals surface area (Å²) in [5.74, 6) is 0.255. The van der Waals surface area contributed by atoms with E-state index in [9.17, 15) is 14.7 Å². The predicted octanol–water partition coefficient (Wildman–Crippen LogP) is 7.32. The van der Waals surface area contributed by atoms with Crippen LogP contribution in [0.25, 0.3) is 0 Å². The average molecular weight is 640 g/mol. The van der Waals surface area contributed by atoms with Crippen LogP contribution in [0.4, 0.5) is 0 Å². The third kappa shape index (κ3) is 5.41. The van der Waals surface area contributed by atoms with Gasteiger partial charge in [-0.15, -0.1) is 0 Å². The Hall–Kier alpha value is -2.61. The van der Waals surface area contributed by atoms with Crippen LogP contribution in [0.3, 0.4) is 0 Å². The van der Waals surface area contributed by atoms with E-state index in [1.165, 1.54) is 5.56 Å². The van der Waals surface area contributed by atoms with Gasteiger partial charge in [0, 0.05) is 47.8 Å². The molecule has 1 N–H and O–H groups in total. The van der Waals surface area contributed by atoms with Crippen LogP contribution in [0.1, 0.15) is 77.3 Å². The second kappa shape index (κ2) is 10.4. The first-order valence-corrected chi connectivity index (χ1v) is 15.0. The number of rotatable bonds is 6. The van der Waals surface area contributed by atoms with E-state index in [0.717, 1.165) is 53.9 Å². The molecule has 0 bridgehead atoms. The first-order valence-electron chi connectivity index (χ1n) is 13.9. The number of aromatic hydroxyl groups is 1. The van der Waals surface area contributed by atoms with Crippen LogP contribution in [0, 0.1) is 14.4 Å². The number of Topliss-reactive ketones (excluding diaryl/α,β-unsaturated/α-hetero) is 2. The fourth-order valence-electron chi connectivity index (χ4n) is 6.56. The molecule has 206 valence electrons. The van der Waals surface area contributed by atoms with Crippen molar-refractivity contribution in [2.45, 2.75) is 72.6 Å². The highest BCUT2D eigenvalue weighted by atomic mass is 127. The molecule has 1 aliphatic heterocycles. The van der Waals surface area contributed by atoms with Crippen molar-refractivity contribution in [2.24, 2.45) is 10.8 Å². The number of carbonyl (C=O) groups excluding carboxylic acids is 2. The molecule has 0 unspecified atom stereocenters. The standard InChI is InChI=1S/C33H38INO4/c1-6-39-27-15-21(14-22(34)31(27)38)28-29-23(16-32(2,3)18-25(29)36)35(13-12-20-10-8-7-9-11-20)24-17-33(4,5)19-26(37)30(24)28/h7-11,14-15,28,38H,6,12-13,16-19H2,1-5H3. The van der Waals surface area contributed by atoms with E-state index in [4.69, 9.17) is 4.74 Å². The highest BCUT2D eigenvalue weighted by molar-refractivity contribution is 14.1. The highest BCUT2D eigenvalue weighted by Crippen LogP contribution is 2.55. The Balaban J connectivity index is 1.73. The molecular weight excluding hydrogens is 601 g/mol. The lowest BCUT2D eigenvalue weighted by atomic mass is 9.63. The molecule has 2 aliphatic carbocycles. The minimum atomic E-state index is -0.455. The molecule has 5 rings (SSSR count). The summed E-state index contributed by atoms with van der Waals surface area (Å²) in [6.45, 7) is 11.7. The molecule has 2 aromatic carbocycles. The molecule has 0 atom stereocenters. The van der Waals surface area contributed by atoms with Crippen molar-refractivity contribution in [3.63, 3.8) is 0 Å². The Morgan fingerprint density at radius 2 is 1.49 bits per heavy atom. The van der Waals surface area contributed by atoms with Gasteiger partial charge in [-0.1, -0.05) is 58.0 Å². The highest BCUT2D eigenvalue weighted by Gasteiger charge is 2.49. The first kappa shape index (κ1) is 27.9. The third-order valence-corrected chi connectivity index (χ3v) is 8.99. The number of phenols is 1. The van der Waals surface area contributed by atoms with Gasteiger partial charge in [-0.05, 0) is 82.9 Å². The summed E-state index contributed by atoms with van der Waals surface area (Å²) in [6.07, 6.45) is 3.28. The van der Waals surface area contributed by atoms with Crippen molar-refractivity contribution in [1.82, 2.24) is 4.90 Å². The third-order valence-electron chi connectivity index (χ3n) is 8.17. The number of nitrogens with zero attached hydrogens (tertiary/aromatic N) is 1. The molecule has 0 radical (unpaired) electrons. The normalized spacial score (nSPS) is 20.7. The van der Waals surface area contributed by atoms with Gasteiger partial charge in [0.2, 0.25) is 0 Å². The molecule has 6 heteroatoms. The number of hydrogen-bond acceptors (Lipinski definition) is 5. The topological polar surface area (TPSA) is 66.8 Å². The minimum Gasteiger partial charge on any atom is -0.504 e. The van der Waals surface area contributed by atoms with Gasteiger partial charge in [-0.2, -0.15) is 0 Å². The number of phenolic OH excluding ortho intramolecular Hbond substituents is 1. The Labute approximate surface area is 245 Å². The number of ether oxygens (including phenoxy) is 1. The summed E-state index contributed by atoms with van der Waals surface area (Å²) in [7, 11) is 0. The molecular formula is C33H38INO4. The molecule has 3 aliphatic rings. The molecule has 0 saturated heterocycles. The molecule has 39 heavy (non-hydrogen) atoms. The van der Waals surface area contributed by atoms with E-state index in [0.29, 0.717) is 28.8 Å². The summed E-state index contributed by atoms with van der Waals surface area (Å²) in [5, 5.41) is 10.7. The number of allylic oxidation sites excluding steroid dienone is 4. The fourth-order valence-corrected chi connectivity index (χ4v) is 7.19. The van der Waals surface area contributed by atoms with E-state index < -0.39 is 5.92 Å². The fraction of sp³-hybridized carbons (Fsp3) is 0.455. The number of benzene rings is 2. The zero-order valence-electron chi connectivity index (χ0n) is 23.6. The van der Waals surface area contributed by atoms with Gasteiger partial charge in [0.15, 0.2) is 23.1 Å². The van der Waals surface area contributed by atoms with Crippen molar-refractivity contribution in [3.05, 3.63) is 79.7 Å². The molecule has 1 heterocycles. The number of halogens is 1. The maximum absolute atomic E-state index is 14.0. The molecule has 0 amide bonds. The van der Waals surface area contributed by atoms with Crippen LogP contribution < -0.4 is 4.74 Å². The second-order valence-electron chi connectivity index (χ2n) is 12.7. The molecule has 0 saturated carbocycles. The van der Waals surface area contributed by atoms with Crippen LogP contribution in [-0.4, -0.2) is 34.7 Å². The molecule has 0 spiro atoms. The number of hydrogen-bond donors (Lipinski definition) is 1. The SMILES string of the molecule is CCOc1cc(C2C3=C(CC(C)(C)CC3=O)N(CCc3ccccc3)C3=C2C(=O)CC(C)(C)C3)cc(I)c1O. The van der Waals surface area contributed by atoms with Crippen LogP contribution >= 0.6 is 22.6 Å². The van der Waals surface area contributed by atoms with Crippen LogP contribution in [0.2, 0.25) is 0 Å². The van der Waals surface area contributed by atoms with E-state index in [1.54, 1.807) is 0 Å². The van der Waals surface area contributed by atoms with Crippen molar-refractivity contribution in [2.75, 3.05) is 13.2 Å². The zero-order chi connectivity index (χ0) is 28.1. The molecule has 0 aromatic heterocycles. The van der Waals surface area contributed by atoms with E-state index >= 15 is 0 Å². The summed E-state index contributed by atoms with van der Waals surface area (Å²) in [5.41, 5.74) is 5.35. The van der Waals surface area contributed by atoms with Crippen molar-refractivity contribution in [1.29, 1.82) is 0 Å². The number of carbonyl (C=O) groups is 2. The quantitative estimate of drug-likeness (QED) is 0.336. The smallest absolute Gasteiger partial charge is 0.171 e. The van der Waals surface area contributed by atoms with Gasteiger partial charge in [0.05, 0.1) is 10.2 Å². The molecule has 0 fully saturated rings. The van der Waals surface area contributed by atoms with Crippen molar-refractivity contribution >= 4 is 34.2 Å². The lowest BCUT2D eigenvalue weighted by Crippen LogP contribution is -2.45. The van der Waals surface area contributed by atoms with Crippen molar-refractivity contribution in [3.8, 4) is 11.5 Å². The largest absolute Gasteiger partial charge is 0.504 e. The van der Waals surface area contributed by atoms with Gasteiger partial charge < -0.3 is 14.7 Å². The van der Waals surface area contributed by atoms with Gasteiger partial charge in [-0.25, -0.2) is 0 Å². The number of ketones is 2. The van der Waals surface area contributed by atoms with Gasteiger partial charge >= 0.3 is 0 Å². The lowest BCUT2D eigenvalue weighted by Gasteiger charge is -2.49. The molecule has 2 aromatic rings. The molecule has 5 nitrogen and oxygen atoms in total. The Morgan fingerprint density at radius 3 is 2.03 bits per heavy atom. The summed E-state index contributed by atoms with van der Waals surface area (Å²) in [4.78, 5) is 30.4. The van der Waals surface area contributed by atoms with E-state index in [-0.39, 0.29) is 28.1 Å². The van der Waals surface area contributed by atoms with E-state index in [1.807, 2.05) is 25.1 Å². The summed E-state index contributed by atoms with van der Waals surface area (Å²) in [6, 6.07) is 14.2. The Bertz CT molecular complexity index is 1330. The van der Waals surface area contributed by atoms with Gasteiger partial charge in [0.1, 0.15) is 0 Å². The minimum absolute atomic E-state index is 0.0945. The Morgan fingerprint density at radius 1 is 0.923 bits per heavy atom.